The van der Waals surface area contributed by atoms with E-state index >= 15 is 0 Å². The maximum absolute atomic E-state index is 10.9. The minimum atomic E-state index is -0.780. The zero-order valence-electron chi connectivity index (χ0n) is 15.6. The average Bonchev–Trinajstić information content (AvgIpc) is 3.11. The molecule has 3 rings (SSSR count). The van der Waals surface area contributed by atoms with Crippen LogP contribution >= 0.6 is 0 Å². The highest BCUT2D eigenvalue weighted by Crippen LogP contribution is 2.27. The van der Waals surface area contributed by atoms with Crippen LogP contribution in [0.4, 0.5) is 0 Å². The maximum Gasteiger partial charge on any atom is 0.317 e. The highest BCUT2D eigenvalue weighted by Gasteiger charge is 2.29. The molecule has 0 bridgehead atoms. The van der Waals surface area contributed by atoms with Gasteiger partial charge in [0, 0.05) is 24.7 Å². The fraction of sp³-hybridized carbons (Fsp3) is 0.526. The zero-order chi connectivity index (χ0) is 18.7. The van der Waals surface area contributed by atoms with Gasteiger partial charge in [-0.15, -0.1) is 0 Å². The van der Waals surface area contributed by atoms with Gasteiger partial charge >= 0.3 is 5.97 Å². The van der Waals surface area contributed by atoms with Gasteiger partial charge in [0.2, 0.25) is 11.7 Å². The molecular weight excluding hydrogens is 332 g/mol. The summed E-state index contributed by atoms with van der Waals surface area (Å²) in [5, 5.41) is 13.1. The molecule has 1 aromatic carbocycles. The van der Waals surface area contributed by atoms with Gasteiger partial charge in [-0.05, 0) is 39.3 Å². The molecule has 1 atom stereocenters. The molecule has 1 saturated heterocycles. The third kappa shape index (κ3) is 4.11. The predicted octanol–water partition coefficient (Wildman–Crippen LogP) is 2.59. The van der Waals surface area contributed by atoms with E-state index in [1.54, 1.807) is 0 Å². The number of likely N-dealkylation sites (N-methyl/N-ethyl adjacent to an activating group) is 1. The molecule has 0 aliphatic carbocycles. The Morgan fingerprint density at radius 1 is 1.38 bits per heavy atom. The van der Waals surface area contributed by atoms with E-state index in [2.05, 4.69) is 22.0 Å². The Kier molecular flexibility index (Phi) is 5.68. The Labute approximate surface area is 153 Å². The van der Waals surface area contributed by atoms with E-state index in [0.717, 1.165) is 37.1 Å². The molecule has 0 saturated carbocycles. The molecule has 140 valence electrons. The minimum absolute atomic E-state index is 0.0472. The summed E-state index contributed by atoms with van der Waals surface area (Å²) in [7, 11) is 1.88. The number of carboxylic acid groups (broad SMARTS) is 1. The van der Waals surface area contributed by atoms with Gasteiger partial charge in [-0.1, -0.05) is 29.4 Å². The molecule has 1 N–H and O–H groups in total. The quantitative estimate of drug-likeness (QED) is 0.850. The second-order valence-electron chi connectivity index (χ2n) is 7.02. The lowest BCUT2D eigenvalue weighted by molar-refractivity contribution is -0.138. The van der Waals surface area contributed by atoms with Gasteiger partial charge in [-0.2, -0.15) is 4.98 Å². The second-order valence-corrected chi connectivity index (χ2v) is 7.02. The number of nitrogens with zero attached hydrogens (tertiary/aromatic N) is 4. The summed E-state index contributed by atoms with van der Waals surface area (Å²) in [4.78, 5) is 19.7. The van der Waals surface area contributed by atoms with Gasteiger partial charge in [0.05, 0.1) is 12.6 Å². The number of rotatable bonds is 6. The molecule has 26 heavy (non-hydrogen) atoms. The number of benzene rings is 1. The van der Waals surface area contributed by atoms with Crippen molar-refractivity contribution in [2.45, 2.75) is 38.8 Å². The molecule has 0 spiro atoms. The first-order valence-corrected chi connectivity index (χ1v) is 9.01. The molecule has 0 radical (unpaired) electrons. The number of piperidine rings is 1. The SMILES string of the molecule is Cc1ccccc1-c1noc(C(C)N2CCC(N(C)CC(=O)O)CC2)n1. The van der Waals surface area contributed by atoms with E-state index < -0.39 is 5.97 Å². The largest absolute Gasteiger partial charge is 0.480 e. The molecule has 2 aromatic rings. The van der Waals surface area contributed by atoms with Crippen LogP contribution in [-0.4, -0.2) is 63.7 Å². The normalized spacial score (nSPS) is 17.5. The van der Waals surface area contributed by atoms with Crippen LogP contribution in [-0.2, 0) is 4.79 Å². The lowest BCUT2D eigenvalue weighted by Gasteiger charge is -2.37. The summed E-state index contributed by atoms with van der Waals surface area (Å²) < 4.78 is 5.53. The van der Waals surface area contributed by atoms with E-state index in [1.807, 2.05) is 43.1 Å². The minimum Gasteiger partial charge on any atom is -0.480 e. The molecule has 1 aliphatic heterocycles. The van der Waals surface area contributed by atoms with E-state index in [1.165, 1.54) is 0 Å². The number of hydrogen-bond donors (Lipinski definition) is 1. The number of aromatic nitrogens is 2. The van der Waals surface area contributed by atoms with Gasteiger partial charge in [-0.3, -0.25) is 14.6 Å². The van der Waals surface area contributed by atoms with Crippen LogP contribution in [0.25, 0.3) is 11.4 Å². The Morgan fingerprint density at radius 3 is 2.73 bits per heavy atom. The summed E-state index contributed by atoms with van der Waals surface area (Å²) in [6.45, 7) is 5.98. The zero-order valence-corrected chi connectivity index (χ0v) is 15.6. The Hall–Kier alpha value is -2.25. The third-order valence-electron chi connectivity index (χ3n) is 5.24. The summed E-state index contributed by atoms with van der Waals surface area (Å²) in [6, 6.07) is 8.35. The number of carboxylic acids is 1. The van der Waals surface area contributed by atoms with Crippen molar-refractivity contribution in [2.24, 2.45) is 0 Å². The second kappa shape index (κ2) is 7.97. The van der Waals surface area contributed by atoms with Crippen molar-refractivity contribution in [1.82, 2.24) is 19.9 Å². The number of hydrogen-bond acceptors (Lipinski definition) is 6. The summed E-state index contributed by atoms with van der Waals surface area (Å²) in [5.41, 5.74) is 2.11. The first-order valence-electron chi connectivity index (χ1n) is 9.01. The molecule has 7 nitrogen and oxygen atoms in total. The number of carbonyl (C=O) groups is 1. The smallest absolute Gasteiger partial charge is 0.317 e. The Bertz CT molecular complexity index is 753. The lowest BCUT2D eigenvalue weighted by Crippen LogP contribution is -2.45. The van der Waals surface area contributed by atoms with Crippen molar-refractivity contribution in [3.63, 3.8) is 0 Å². The predicted molar refractivity (Wildman–Crippen MR) is 97.7 cm³/mol. The number of likely N-dealkylation sites (tertiary alicyclic amines) is 1. The van der Waals surface area contributed by atoms with Crippen LogP contribution in [0, 0.1) is 6.92 Å². The van der Waals surface area contributed by atoms with Crippen LogP contribution in [0.3, 0.4) is 0 Å². The van der Waals surface area contributed by atoms with Gasteiger partial charge in [0.15, 0.2) is 0 Å². The molecule has 1 aliphatic rings. The number of aliphatic carboxylic acids is 1. The lowest BCUT2D eigenvalue weighted by atomic mass is 10.0. The van der Waals surface area contributed by atoms with E-state index in [9.17, 15) is 4.79 Å². The molecule has 7 heteroatoms. The van der Waals surface area contributed by atoms with Crippen LogP contribution in [0.15, 0.2) is 28.8 Å². The van der Waals surface area contributed by atoms with Crippen molar-refractivity contribution in [1.29, 1.82) is 0 Å². The van der Waals surface area contributed by atoms with Gasteiger partial charge in [-0.25, -0.2) is 0 Å². The van der Waals surface area contributed by atoms with Gasteiger partial charge in [0.1, 0.15) is 0 Å². The summed E-state index contributed by atoms with van der Waals surface area (Å²) in [5.74, 6) is 0.472. The molecule has 1 unspecified atom stereocenters. The standard InChI is InChI=1S/C19H26N4O3/c1-13-6-4-5-7-16(13)18-20-19(26-21-18)14(2)23-10-8-15(9-11-23)22(3)12-17(24)25/h4-7,14-15H,8-12H2,1-3H3,(H,24,25). The molecule has 1 fully saturated rings. The van der Waals surface area contributed by atoms with Gasteiger partial charge < -0.3 is 9.63 Å². The Balaban J connectivity index is 1.62. The van der Waals surface area contributed by atoms with Crippen LogP contribution in [0.5, 0.6) is 0 Å². The highest BCUT2D eigenvalue weighted by molar-refractivity contribution is 5.69. The van der Waals surface area contributed by atoms with Gasteiger partial charge in [0.25, 0.3) is 0 Å². The van der Waals surface area contributed by atoms with E-state index in [4.69, 9.17) is 9.63 Å². The fourth-order valence-corrected chi connectivity index (χ4v) is 3.55. The molecular formula is C19H26N4O3. The Morgan fingerprint density at radius 2 is 2.08 bits per heavy atom. The maximum atomic E-state index is 10.9. The van der Waals surface area contributed by atoms with Crippen molar-refractivity contribution < 1.29 is 14.4 Å². The van der Waals surface area contributed by atoms with E-state index in [0.29, 0.717) is 17.8 Å². The van der Waals surface area contributed by atoms with Crippen LogP contribution < -0.4 is 0 Å². The third-order valence-corrected chi connectivity index (χ3v) is 5.24. The topological polar surface area (TPSA) is 82.7 Å². The highest BCUT2D eigenvalue weighted by atomic mass is 16.5. The van der Waals surface area contributed by atoms with Crippen molar-refractivity contribution in [3.05, 3.63) is 35.7 Å². The first kappa shape index (κ1) is 18.5. The molecule has 0 amide bonds. The molecule has 1 aromatic heterocycles. The number of aryl methyl sites for hydroxylation is 1. The summed E-state index contributed by atoms with van der Waals surface area (Å²) >= 11 is 0. The average molecular weight is 358 g/mol. The monoisotopic (exact) mass is 358 g/mol. The first-order chi connectivity index (χ1) is 12.5. The summed E-state index contributed by atoms with van der Waals surface area (Å²) in [6.07, 6.45) is 1.87. The van der Waals surface area contributed by atoms with Crippen LogP contribution in [0.2, 0.25) is 0 Å². The van der Waals surface area contributed by atoms with Crippen molar-refractivity contribution in [2.75, 3.05) is 26.7 Å². The van der Waals surface area contributed by atoms with Crippen LogP contribution in [0.1, 0.15) is 37.3 Å². The van der Waals surface area contributed by atoms with Crippen molar-refractivity contribution >= 4 is 5.97 Å². The van der Waals surface area contributed by atoms with E-state index in [-0.39, 0.29) is 12.6 Å². The molecule has 2 heterocycles. The van der Waals surface area contributed by atoms with Crippen molar-refractivity contribution in [3.8, 4) is 11.4 Å². The fourth-order valence-electron chi connectivity index (χ4n) is 3.55.